The monoisotopic (exact) mass is 320 g/mol. The predicted molar refractivity (Wildman–Crippen MR) is 72.1 cm³/mol. The van der Waals surface area contributed by atoms with Gasteiger partial charge in [0.1, 0.15) is 0 Å². The number of nitrogens with one attached hydrogen (secondary N) is 1. The van der Waals surface area contributed by atoms with Crippen molar-refractivity contribution in [1.82, 2.24) is 4.72 Å². The van der Waals surface area contributed by atoms with Crippen LogP contribution >= 0.6 is 15.9 Å². The molecule has 0 heterocycles. The molecule has 0 aromatic heterocycles. The van der Waals surface area contributed by atoms with Crippen LogP contribution in [0.3, 0.4) is 0 Å². The Morgan fingerprint density at radius 3 is 2.41 bits per heavy atom. The first-order chi connectivity index (χ1) is 7.65. The number of rotatable bonds is 3. The molecule has 17 heavy (non-hydrogen) atoms. The fraction of sp³-hybridized carbons (Fsp3) is 0.455. The number of sulfonamides is 1. The molecule has 0 saturated carbocycles. The van der Waals surface area contributed by atoms with Gasteiger partial charge in [-0.15, -0.1) is 0 Å². The summed E-state index contributed by atoms with van der Waals surface area (Å²) in [5, 5.41) is 0. The second kappa shape index (κ2) is 5.06. The standard InChI is InChI=1S/C11H17BrN2O2S/c1-11(2,3)14-17(15,16)10-6-8(7-13)4-5-9(10)12/h4-6,14H,7,13H2,1-3H3. The lowest BCUT2D eigenvalue weighted by Gasteiger charge is -2.21. The minimum Gasteiger partial charge on any atom is -0.326 e. The molecule has 4 nitrogen and oxygen atoms in total. The summed E-state index contributed by atoms with van der Waals surface area (Å²) in [6, 6.07) is 5.07. The molecule has 1 aromatic rings. The Kier molecular flexibility index (Phi) is 4.35. The highest BCUT2D eigenvalue weighted by Gasteiger charge is 2.24. The van der Waals surface area contributed by atoms with E-state index >= 15 is 0 Å². The van der Waals surface area contributed by atoms with Gasteiger partial charge in [0.05, 0.1) is 4.90 Å². The minimum atomic E-state index is -3.53. The Morgan fingerprint density at radius 2 is 1.94 bits per heavy atom. The molecule has 0 unspecified atom stereocenters. The zero-order chi connectivity index (χ0) is 13.3. The molecule has 6 heteroatoms. The lowest BCUT2D eigenvalue weighted by Crippen LogP contribution is -2.40. The first kappa shape index (κ1) is 14.6. The van der Waals surface area contributed by atoms with E-state index in [1.807, 2.05) is 0 Å². The van der Waals surface area contributed by atoms with Crippen LogP contribution in [0.1, 0.15) is 26.3 Å². The zero-order valence-electron chi connectivity index (χ0n) is 10.1. The van der Waals surface area contributed by atoms with Crippen LogP contribution in [0.15, 0.2) is 27.6 Å². The molecule has 0 bridgehead atoms. The van der Waals surface area contributed by atoms with E-state index in [9.17, 15) is 8.42 Å². The van der Waals surface area contributed by atoms with Gasteiger partial charge in [0.15, 0.2) is 0 Å². The summed E-state index contributed by atoms with van der Waals surface area (Å²) in [7, 11) is -3.53. The summed E-state index contributed by atoms with van der Waals surface area (Å²) < 4.78 is 27.4. The molecule has 0 fully saturated rings. The molecule has 3 N–H and O–H groups in total. The van der Waals surface area contributed by atoms with E-state index in [4.69, 9.17) is 5.73 Å². The highest BCUT2D eigenvalue weighted by Crippen LogP contribution is 2.24. The molecular formula is C11H17BrN2O2S. The molecule has 0 aliphatic heterocycles. The van der Waals surface area contributed by atoms with Gasteiger partial charge in [0.25, 0.3) is 0 Å². The maximum atomic E-state index is 12.2. The third-order valence-electron chi connectivity index (χ3n) is 1.96. The lowest BCUT2D eigenvalue weighted by atomic mass is 10.1. The van der Waals surface area contributed by atoms with Crippen molar-refractivity contribution in [3.05, 3.63) is 28.2 Å². The van der Waals surface area contributed by atoms with Crippen molar-refractivity contribution >= 4 is 26.0 Å². The van der Waals surface area contributed by atoms with Crippen LogP contribution in [-0.2, 0) is 16.6 Å². The van der Waals surface area contributed by atoms with Gasteiger partial charge in [-0.1, -0.05) is 6.07 Å². The average Bonchev–Trinajstić information content (AvgIpc) is 2.14. The maximum absolute atomic E-state index is 12.2. The average molecular weight is 321 g/mol. The molecule has 0 aliphatic carbocycles. The summed E-state index contributed by atoms with van der Waals surface area (Å²) in [6.07, 6.45) is 0. The largest absolute Gasteiger partial charge is 0.326 e. The summed E-state index contributed by atoms with van der Waals surface area (Å²) in [4.78, 5) is 0.218. The predicted octanol–water partition coefficient (Wildman–Crippen LogP) is 1.98. The lowest BCUT2D eigenvalue weighted by molar-refractivity contribution is 0.491. The van der Waals surface area contributed by atoms with Gasteiger partial charge in [-0.2, -0.15) is 0 Å². The fourth-order valence-corrected chi connectivity index (χ4v) is 3.77. The Bertz CT molecular complexity index is 507. The van der Waals surface area contributed by atoms with E-state index in [0.717, 1.165) is 5.56 Å². The number of benzene rings is 1. The van der Waals surface area contributed by atoms with Crippen molar-refractivity contribution in [2.75, 3.05) is 0 Å². The molecule has 1 rings (SSSR count). The van der Waals surface area contributed by atoms with Crippen molar-refractivity contribution in [3.8, 4) is 0 Å². The van der Waals surface area contributed by atoms with Crippen LogP contribution in [0.2, 0.25) is 0 Å². The van der Waals surface area contributed by atoms with Gasteiger partial charge < -0.3 is 5.73 Å². The molecule has 0 aliphatic rings. The highest BCUT2D eigenvalue weighted by molar-refractivity contribution is 9.10. The highest BCUT2D eigenvalue weighted by atomic mass is 79.9. The van der Waals surface area contributed by atoms with E-state index in [2.05, 4.69) is 20.7 Å². The fourth-order valence-electron chi connectivity index (χ4n) is 1.34. The zero-order valence-corrected chi connectivity index (χ0v) is 12.5. The van der Waals surface area contributed by atoms with Gasteiger partial charge in [-0.3, -0.25) is 0 Å². The van der Waals surface area contributed by atoms with E-state index < -0.39 is 15.6 Å². The van der Waals surface area contributed by atoms with Crippen LogP contribution < -0.4 is 10.5 Å². The maximum Gasteiger partial charge on any atom is 0.242 e. The van der Waals surface area contributed by atoms with Crippen LogP contribution in [0.5, 0.6) is 0 Å². The molecular weight excluding hydrogens is 304 g/mol. The second-order valence-electron chi connectivity index (χ2n) is 4.82. The molecule has 0 radical (unpaired) electrons. The van der Waals surface area contributed by atoms with Crippen molar-refractivity contribution in [2.24, 2.45) is 5.73 Å². The van der Waals surface area contributed by atoms with Crippen molar-refractivity contribution in [2.45, 2.75) is 37.8 Å². The number of hydrogen-bond acceptors (Lipinski definition) is 3. The van der Waals surface area contributed by atoms with Gasteiger partial charge in [0.2, 0.25) is 10.0 Å². The molecule has 1 aromatic carbocycles. The third-order valence-corrected chi connectivity index (χ3v) is 4.71. The summed E-state index contributed by atoms with van der Waals surface area (Å²) >= 11 is 3.24. The molecule has 0 spiro atoms. The van der Waals surface area contributed by atoms with E-state index in [1.165, 1.54) is 0 Å². The Morgan fingerprint density at radius 1 is 1.35 bits per heavy atom. The van der Waals surface area contributed by atoms with Gasteiger partial charge >= 0.3 is 0 Å². The van der Waals surface area contributed by atoms with Crippen LogP contribution in [0.4, 0.5) is 0 Å². The van der Waals surface area contributed by atoms with Crippen LogP contribution in [0.25, 0.3) is 0 Å². The van der Waals surface area contributed by atoms with Crippen LogP contribution in [-0.4, -0.2) is 14.0 Å². The Balaban J connectivity index is 3.23. The van der Waals surface area contributed by atoms with Crippen molar-refractivity contribution in [1.29, 1.82) is 0 Å². The molecule has 0 atom stereocenters. The van der Waals surface area contributed by atoms with Gasteiger partial charge in [0, 0.05) is 16.6 Å². The van der Waals surface area contributed by atoms with E-state index in [0.29, 0.717) is 11.0 Å². The first-order valence-corrected chi connectivity index (χ1v) is 7.46. The number of halogens is 1. The molecule has 96 valence electrons. The van der Waals surface area contributed by atoms with Crippen molar-refractivity contribution in [3.63, 3.8) is 0 Å². The summed E-state index contributed by atoms with van der Waals surface area (Å²) in [5.74, 6) is 0. The topological polar surface area (TPSA) is 72.2 Å². The molecule has 0 saturated heterocycles. The smallest absolute Gasteiger partial charge is 0.242 e. The quantitative estimate of drug-likeness (QED) is 0.894. The normalized spacial score (nSPS) is 12.8. The van der Waals surface area contributed by atoms with Gasteiger partial charge in [-0.05, 0) is 54.4 Å². The second-order valence-corrected chi connectivity index (χ2v) is 7.33. The Hall–Kier alpha value is -0.430. The summed E-state index contributed by atoms with van der Waals surface area (Å²) in [5.41, 5.74) is 5.77. The minimum absolute atomic E-state index is 0.218. The number of hydrogen-bond donors (Lipinski definition) is 2. The third kappa shape index (κ3) is 4.06. The van der Waals surface area contributed by atoms with Gasteiger partial charge in [-0.25, -0.2) is 13.1 Å². The van der Waals surface area contributed by atoms with Crippen molar-refractivity contribution < 1.29 is 8.42 Å². The first-order valence-electron chi connectivity index (χ1n) is 5.18. The summed E-state index contributed by atoms with van der Waals surface area (Å²) in [6.45, 7) is 5.70. The van der Waals surface area contributed by atoms with Crippen LogP contribution in [0, 0.1) is 0 Å². The number of nitrogens with two attached hydrogens (primary N) is 1. The Labute approximate surface area is 111 Å². The SMILES string of the molecule is CC(C)(C)NS(=O)(=O)c1cc(CN)ccc1Br. The van der Waals surface area contributed by atoms with E-state index in [-0.39, 0.29) is 4.90 Å². The molecule has 0 amide bonds. The van der Waals surface area contributed by atoms with E-state index in [1.54, 1.807) is 39.0 Å².